The molecule has 5 rings (SSSR count). The molecule has 200 valence electrons. The number of ether oxygens (including phenoxy) is 1. The smallest absolute Gasteiger partial charge is 0.135 e. The van der Waals surface area contributed by atoms with E-state index >= 15 is 8.78 Å². The van der Waals surface area contributed by atoms with Crippen molar-refractivity contribution in [3.63, 3.8) is 0 Å². The van der Waals surface area contributed by atoms with Crippen LogP contribution < -0.4 is 4.74 Å². The zero-order chi connectivity index (χ0) is 27.0. The molecule has 0 unspecified atom stereocenters. The monoisotopic (exact) mass is 523 g/mol. The minimum atomic E-state index is -1.56. The minimum absolute atomic E-state index is 0.0166. The van der Waals surface area contributed by atoms with Crippen molar-refractivity contribution >= 4 is 10.9 Å². The Morgan fingerprint density at radius 2 is 1.87 bits per heavy atom. The van der Waals surface area contributed by atoms with E-state index in [-0.39, 0.29) is 37.1 Å². The molecule has 0 aliphatic carbocycles. The lowest BCUT2D eigenvalue weighted by Crippen LogP contribution is -2.48. The van der Waals surface area contributed by atoms with Crippen molar-refractivity contribution in [2.75, 3.05) is 13.2 Å². The highest BCUT2D eigenvalue weighted by molar-refractivity contribution is 5.85. The molecule has 2 aromatic carbocycles. The van der Waals surface area contributed by atoms with Gasteiger partial charge in [-0.2, -0.15) is 0 Å². The lowest BCUT2D eigenvalue weighted by Gasteiger charge is -2.43. The number of aliphatic hydroxyl groups excluding tert-OH is 1. The van der Waals surface area contributed by atoms with Crippen LogP contribution in [0.3, 0.4) is 0 Å². The van der Waals surface area contributed by atoms with Gasteiger partial charge in [0.25, 0.3) is 0 Å². The van der Waals surface area contributed by atoms with Crippen LogP contribution in [-0.2, 0) is 19.4 Å². The number of hydrogen-bond donors (Lipinski definition) is 2. The highest BCUT2D eigenvalue weighted by Crippen LogP contribution is 2.43. The van der Waals surface area contributed by atoms with E-state index in [9.17, 15) is 4.39 Å². The highest BCUT2D eigenvalue weighted by atomic mass is 19.1. The molecule has 38 heavy (non-hydrogen) atoms. The van der Waals surface area contributed by atoms with Crippen molar-refractivity contribution in [3.05, 3.63) is 94.4 Å². The van der Waals surface area contributed by atoms with Gasteiger partial charge in [0.05, 0.1) is 11.7 Å². The van der Waals surface area contributed by atoms with Crippen LogP contribution in [-0.4, -0.2) is 44.8 Å². The third kappa shape index (κ3) is 5.28. The number of fused-ring (bicyclic) bond motifs is 3. The fourth-order valence-corrected chi connectivity index (χ4v) is 5.38. The number of nitrogens with zero attached hydrogens (tertiary/aromatic N) is 2. The number of pyridine rings is 1. The number of aliphatic hydroxyl groups is 1. The molecular weight excluding hydrogens is 491 g/mol. The first kappa shape index (κ1) is 26.3. The lowest BCUT2D eigenvalue weighted by molar-refractivity contribution is 0.0642. The maximum Gasteiger partial charge on any atom is 0.135 e. The van der Waals surface area contributed by atoms with Crippen LogP contribution in [0.5, 0.6) is 5.75 Å². The van der Waals surface area contributed by atoms with Crippen LogP contribution in [0.25, 0.3) is 10.9 Å². The van der Waals surface area contributed by atoms with Gasteiger partial charge < -0.3 is 14.8 Å². The summed E-state index contributed by atoms with van der Waals surface area (Å²) >= 11 is 0. The molecule has 2 N–H and O–H groups in total. The van der Waals surface area contributed by atoms with Crippen LogP contribution in [0.2, 0.25) is 0 Å². The van der Waals surface area contributed by atoms with Gasteiger partial charge in [-0.3, -0.25) is 9.88 Å². The zero-order valence-electron chi connectivity index (χ0n) is 21.8. The molecular formula is C30H32F3N3O2. The average molecular weight is 524 g/mol. The second-order valence-corrected chi connectivity index (χ2v) is 10.6. The van der Waals surface area contributed by atoms with Crippen LogP contribution in [0, 0.1) is 11.6 Å². The summed E-state index contributed by atoms with van der Waals surface area (Å²) in [6, 6.07) is 12.8. The van der Waals surface area contributed by atoms with Crippen molar-refractivity contribution in [1.82, 2.24) is 14.9 Å². The molecule has 5 nitrogen and oxygen atoms in total. The maximum atomic E-state index is 15.7. The van der Waals surface area contributed by atoms with E-state index in [4.69, 9.17) is 9.84 Å². The first-order valence-corrected chi connectivity index (χ1v) is 12.8. The largest absolute Gasteiger partial charge is 0.487 e. The lowest BCUT2D eigenvalue weighted by atomic mass is 9.87. The molecule has 0 radical (unpaired) electrons. The number of nitrogens with one attached hydrogen (secondary N) is 1. The summed E-state index contributed by atoms with van der Waals surface area (Å²) in [6.07, 6.45) is 2.78. The predicted molar refractivity (Wildman–Crippen MR) is 141 cm³/mol. The molecule has 2 atom stereocenters. The van der Waals surface area contributed by atoms with Gasteiger partial charge in [0.1, 0.15) is 29.7 Å². The summed E-state index contributed by atoms with van der Waals surface area (Å²) in [5.41, 5.74) is 2.36. The van der Waals surface area contributed by atoms with Crippen LogP contribution in [0.15, 0.2) is 54.7 Å². The van der Waals surface area contributed by atoms with Crippen LogP contribution in [0.1, 0.15) is 54.9 Å². The minimum Gasteiger partial charge on any atom is -0.487 e. The van der Waals surface area contributed by atoms with Crippen LogP contribution in [0.4, 0.5) is 13.2 Å². The zero-order valence-corrected chi connectivity index (χ0v) is 21.8. The number of para-hydroxylation sites is 1. The van der Waals surface area contributed by atoms with Crippen molar-refractivity contribution < 1.29 is 23.0 Å². The Morgan fingerprint density at radius 3 is 2.53 bits per heavy atom. The van der Waals surface area contributed by atoms with E-state index in [1.807, 2.05) is 42.2 Å². The Bertz CT molecular complexity index is 1410. The molecule has 2 aromatic heterocycles. The molecule has 4 aromatic rings. The number of halogens is 3. The summed E-state index contributed by atoms with van der Waals surface area (Å²) in [5, 5.41) is 10.1. The molecule has 0 fully saturated rings. The summed E-state index contributed by atoms with van der Waals surface area (Å²) in [7, 11) is 0. The fourth-order valence-electron chi connectivity index (χ4n) is 5.38. The Kier molecular flexibility index (Phi) is 7.20. The first-order chi connectivity index (χ1) is 18.1. The van der Waals surface area contributed by atoms with Gasteiger partial charge in [0, 0.05) is 59.7 Å². The molecule has 0 amide bonds. The second-order valence-electron chi connectivity index (χ2n) is 10.6. The first-order valence-electron chi connectivity index (χ1n) is 12.8. The summed E-state index contributed by atoms with van der Waals surface area (Å²) in [4.78, 5) is 9.50. The third-order valence-corrected chi connectivity index (χ3v) is 7.08. The topological polar surface area (TPSA) is 61.4 Å². The Hall–Kier alpha value is -3.36. The molecule has 0 saturated carbocycles. The molecule has 0 bridgehead atoms. The van der Waals surface area contributed by atoms with Gasteiger partial charge in [-0.15, -0.1) is 0 Å². The predicted octanol–water partition coefficient (Wildman–Crippen LogP) is 6.04. The molecule has 0 spiro atoms. The van der Waals surface area contributed by atoms with E-state index in [0.29, 0.717) is 24.2 Å². The number of aromatic nitrogens is 2. The standard InChI is InChI=1S/C30H32F3N3O2/c1-18-12-23-22-6-4-5-7-26(22)35-28(23)29(36(18)17-30(2,3)33)27-24(31)13-21(14-25(27)32)38-16-20-9-8-19(10-11-37)15-34-20/h4-9,13-15,18,29,35,37H,10-12,16-17H2,1-3H3/t18-,29-/m1/s1. The summed E-state index contributed by atoms with van der Waals surface area (Å²) < 4.78 is 52.1. The van der Waals surface area contributed by atoms with Gasteiger partial charge in [-0.05, 0) is 56.9 Å². The second kappa shape index (κ2) is 10.4. The Morgan fingerprint density at radius 1 is 1.13 bits per heavy atom. The molecule has 3 heterocycles. The molecule has 1 aliphatic heterocycles. The normalized spacial score (nSPS) is 18.1. The Labute approximate surface area is 220 Å². The third-order valence-electron chi connectivity index (χ3n) is 7.08. The van der Waals surface area contributed by atoms with E-state index in [1.54, 1.807) is 12.3 Å². The van der Waals surface area contributed by atoms with Crippen molar-refractivity contribution in [3.8, 4) is 5.75 Å². The highest BCUT2D eigenvalue weighted by Gasteiger charge is 2.41. The SMILES string of the molecule is C[C@@H]1Cc2c([nH]c3ccccc23)[C@@H](c2c(F)cc(OCc3ccc(CCO)cn3)cc2F)N1CC(C)(C)F. The fraction of sp³-hybridized carbons (Fsp3) is 0.367. The quantitative estimate of drug-likeness (QED) is 0.296. The maximum absolute atomic E-state index is 15.7. The van der Waals surface area contributed by atoms with Gasteiger partial charge in [0.15, 0.2) is 0 Å². The molecule has 1 aliphatic rings. The van der Waals surface area contributed by atoms with Gasteiger partial charge in [-0.1, -0.05) is 24.3 Å². The van der Waals surface area contributed by atoms with Crippen LogP contribution >= 0.6 is 0 Å². The summed E-state index contributed by atoms with van der Waals surface area (Å²) in [6.45, 7) is 5.00. The number of benzene rings is 2. The molecule has 0 saturated heterocycles. The number of rotatable bonds is 8. The number of aromatic amines is 1. The Balaban J connectivity index is 1.50. The van der Waals surface area contributed by atoms with Crippen molar-refractivity contribution in [1.29, 1.82) is 0 Å². The van der Waals surface area contributed by atoms with Crippen molar-refractivity contribution in [2.45, 2.75) is 58.0 Å². The average Bonchev–Trinajstić information content (AvgIpc) is 3.22. The summed E-state index contributed by atoms with van der Waals surface area (Å²) in [5.74, 6) is -1.46. The van der Waals surface area contributed by atoms with Gasteiger partial charge >= 0.3 is 0 Å². The van der Waals surface area contributed by atoms with E-state index in [0.717, 1.165) is 22.0 Å². The van der Waals surface area contributed by atoms with E-state index < -0.39 is 23.3 Å². The number of alkyl halides is 1. The van der Waals surface area contributed by atoms with Gasteiger partial charge in [-0.25, -0.2) is 13.2 Å². The van der Waals surface area contributed by atoms with Gasteiger partial charge in [0.2, 0.25) is 0 Å². The number of H-pyrrole nitrogens is 1. The van der Waals surface area contributed by atoms with Crippen molar-refractivity contribution in [2.24, 2.45) is 0 Å². The van der Waals surface area contributed by atoms with E-state index in [2.05, 4.69) is 9.97 Å². The molecule has 8 heteroatoms. The number of hydrogen-bond acceptors (Lipinski definition) is 4. The van der Waals surface area contributed by atoms with E-state index in [1.165, 1.54) is 26.0 Å².